The van der Waals surface area contributed by atoms with E-state index in [0.717, 1.165) is 5.56 Å². The van der Waals surface area contributed by atoms with E-state index in [9.17, 15) is 24.6 Å². The number of ether oxygens (including phenoxy) is 1. The van der Waals surface area contributed by atoms with Crippen LogP contribution >= 0.6 is 0 Å². The van der Waals surface area contributed by atoms with Crippen molar-refractivity contribution < 1.29 is 29.3 Å². The lowest BCUT2D eigenvalue weighted by molar-refractivity contribution is -0.112. The van der Waals surface area contributed by atoms with Gasteiger partial charge in [-0.15, -0.1) is 0 Å². The van der Waals surface area contributed by atoms with Crippen molar-refractivity contribution in [1.82, 2.24) is 5.32 Å². The van der Waals surface area contributed by atoms with E-state index in [4.69, 9.17) is 4.74 Å². The van der Waals surface area contributed by atoms with Gasteiger partial charge < -0.3 is 25.6 Å². The Kier molecular flexibility index (Phi) is 6.03. The van der Waals surface area contributed by atoms with Gasteiger partial charge in [-0.1, -0.05) is 36.4 Å². The molecule has 8 nitrogen and oxygen atoms in total. The van der Waals surface area contributed by atoms with E-state index in [1.165, 1.54) is 18.2 Å². The molecule has 1 aliphatic rings. The minimum Gasteiger partial charge on any atom is -0.445 e. The van der Waals surface area contributed by atoms with Gasteiger partial charge in [0.05, 0.1) is 17.4 Å². The van der Waals surface area contributed by atoms with Gasteiger partial charge in [-0.2, -0.15) is 0 Å². The fraction of sp³-hybridized carbons (Fsp3) is 0.250. The molecule has 2 amide bonds. The summed E-state index contributed by atoms with van der Waals surface area (Å²) in [6.07, 6.45) is -2.99. The zero-order valence-corrected chi connectivity index (χ0v) is 14.9. The van der Waals surface area contributed by atoms with E-state index in [1.807, 2.05) is 30.3 Å². The third-order valence-corrected chi connectivity index (χ3v) is 4.37. The Morgan fingerprint density at radius 3 is 2.61 bits per heavy atom. The van der Waals surface area contributed by atoms with Crippen molar-refractivity contribution in [2.45, 2.75) is 25.2 Å². The van der Waals surface area contributed by atoms with Crippen molar-refractivity contribution in [3.8, 4) is 0 Å². The summed E-state index contributed by atoms with van der Waals surface area (Å²) in [6, 6.07) is 13.6. The maximum Gasteiger partial charge on any atom is 0.407 e. The van der Waals surface area contributed by atoms with E-state index in [1.54, 1.807) is 0 Å². The fourth-order valence-corrected chi connectivity index (χ4v) is 2.82. The van der Waals surface area contributed by atoms with E-state index < -0.39 is 30.0 Å². The molecule has 0 radical (unpaired) electrons. The number of anilines is 1. The highest BCUT2D eigenvalue weighted by Gasteiger charge is 2.29. The molecule has 2 aromatic rings. The van der Waals surface area contributed by atoms with Crippen LogP contribution in [0.4, 0.5) is 10.5 Å². The molecule has 4 N–H and O–H groups in total. The third kappa shape index (κ3) is 4.54. The normalized spacial score (nSPS) is 14.8. The van der Waals surface area contributed by atoms with Crippen molar-refractivity contribution in [2.24, 2.45) is 0 Å². The summed E-state index contributed by atoms with van der Waals surface area (Å²) in [7, 11) is 0. The number of ketones is 1. The molecule has 0 saturated heterocycles. The Morgan fingerprint density at radius 2 is 1.86 bits per heavy atom. The smallest absolute Gasteiger partial charge is 0.407 e. The van der Waals surface area contributed by atoms with Crippen LogP contribution in [0.1, 0.15) is 34.0 Å². The lowest BCUT2D eigenvalue weighted by Crippen LogP contribution is -2.29. The quantitative estimate of drug-likeness (QED) is 0.537. The molecule has 0 saturated carbocycles. The third-order valence-electron chi connectivity index (χ3n) is 4.37. The number of fused-ring (bicyclic) bond motifs is 1. The molecule has 28 heavy (non-hydrogen) atoms. The molecule has 0 aliphatic carbocycles. The molecule has 1 aliphatic heterocycles. The van der Waals surface area contributed by atoms with Gasteiger partial charge in [0, 0.05) is 6.54 Å². The number of amides is 2. The molecule has 0 spiro atoms. The average molecular weight is 384 g/mol. The number of hydrogen-bond donors (Lipinski definition) is 4. The first kappa shape index (κ1) is 19.5. The molecular weight excluding hydrogens is 364 g/mol. The zero-order valence-electron chi connectivity index (χ0n) is 14.9. The number of Topliss-reactive ketones (excluding diaryl/α,β-unsaturated/α-hetero) is 1. The van der Waals surface area contributed by atoms with Gasteiger partial charge in [0.15, 0.2) is 0 Å². The van der Waals surface area contributed by atoms with Gasteiger partial charge in [-0.05, 0) is 29.7 Å². The Bertz CT molecular complexity index is 884. The lowest BCUT2D eigenvalue weighted by Gasteiger charge is -2.19. The summed E-state index contributed by atoms with van der Waals surface area (Å²) in [4.78, 5) is 34.8. The highest BCUT2D eigenvalue weighted by Crippen LogP contribution is 2.28. The molecule has 8 heteroatoms. The standard InChI is InChI=1S/C20H20N2O6/c23-16(8-9-21-20(27)28-11-12-4-2-1-3-5-12)17(24)13-6-7-15-14(10-13)18(25)19(26)22-15/h1-7,10,16-17,23-24H,8-9,11H2,(H,21,27)(H,22,25,26). The second kappa shape index (κ2) is 8.64. The van der Waals surface area contributed by atoms with E-state index in [-0.39, 0.29) is 25.1 Å². The molecular formula is C20H20N2O6. The summed E-state index contributed by atoms with van der Waals surface area (Å²) >= 11 is 0. The van der Waals surface area contributed by atoms with Gasteiger partial charge in [0.25, 0.3) is 11.7 Å². The van der Waals surface area contributed by atoms with Crippen LogP contribution in [-0.4, -0.2) is 40.6 Å². The van der Waals surface area contributed by atoms with E-state index >= 15 is 0 Å². The number of rotatable bonds is 7. The molecule has 0 bridgehead atoms. The van der Waals surface area contributed by atoms with Crippen LogP contribution in [0.15, 0.2) is 48.5 Å². The average Bonchev–Trinajstić information content (AvgIpc) is 3.00. The van der Waals surface area contributed by atoms with Crippen LogP contribution in [0.3, 0.4) is 0 Å². The van der Waals surface area contributed by atoms with Crippen LogP contribution < -0.4 is 10.6 Å². The van der Waals surface area contributed by atoms with Gasteiger partial charge in [0.1, 0.15) is 12.7 Å². The summed E-state index contributed by atoms with van der Waals surface area (Å²) in [6.45, 7) is 0.226. The van der Waals surface area contributed by atoms with Gasteiger partial charge >= 0.3 is 6.09 Å². The first-order valence-electron chi connectivity index (χ1n) is 8.76. The number of nitrogens with one attached hydrogen (secondary N) is 2. The first-order chi connectivity index (χ1) is 13.5. The monoisotopic (exact) mass is 384 g/mol. The van der Waals surface area contributed by atoms with Crippen molar-refractivity contribution in [2.75, 3.05) is 11.9 Å². The number of aliphatic hydroxyl groups is 2. The van der Waals surface area contributed by atoms with Gasteiger partial charge in [-0.3, -0.25) is 9.59 Å². The van der Waals surface area contributed by atoms with Gasteiger partial charge in [0.2, 0.25) is 0 Å². The Balaban J connectivity index is 1.46. The molecule has 0 fully saturated rings. The maximum atomic E-state index is 11.7. The van der Waals surface area contributed by atoms with Crippen molar-refractivity contribution in [3.05, 3.63) is 65.2 Å². The lowest BCUT2D eigenvalue weighted by atomic mass is 9.99. The van der Waals surface area contributed by atoms with E-state index in [0.29, 0.717) is 11.3 Å². The molecule has 0 aromatic heterocycles. The van der Waals surface area contributed by atoms with Crippen molar-refractivity contribution in [1.29, 1.82) is 0 Å². The zero-order chi connectivity index (χ0) is 20.1. The number of carbonyl (C=O) groups excluding carboxylic acids is 3. The number of benzene rings is 2. The largest absolute Gasteiger partial charge is 0.445 e. The summed E-state index contributed by atoms with van der Waals surface area (Å²) in [5.74, 6) is -1.40. The van der Waals surface area contributed by atoms with Crippen LogP contribution in [0.5, 0.6) is 0 Å². The molecule has 1 heterocycles. The topological polar surface area (TPSA) is 125 Å². The molecule has 3 rings (SSSR count). The van der Waals surface area contributed by atoms with Crippen molar-refractivity contribution >= 4 is 23.5 Å². The second-order valence-corrected chi connectivity index (χ2v) is 6.38. The molecule has 2 aromatic carbocycles. The van der Waals surface area contributed by atoms with Crippen LogP contribution in [0, 0.1) is 0 Å². The molecule has 146 valence electrons. The minimum absolute atomic E-state index is 0.0732. The summed E-state index contributed by atoms with van der Waals surface area (Å²) in [5, 5.41) is 25.4. The SMILES string of the molecule is O=C(NCCC(O)C(O)c1ccc2c(c1)C(=O)C(=O)N2)OCc1ccccc1. The molecule has 2 atom stereocenters. The Morgan fingerprint density at radius 1 is 1.11 bits per heavy atom. The first-order valence-corrected chi connectivity index (χ1v) is 8.76. The maximum absolute atomic E-state index is 11.7. The van der Waals surface area contributed by atoms with Crippen molar-refractivity contribution in [3.63, 3.8) is 0 Å². The van der Waals surface area contributed by atoms with Crippen LogP contribution in [-0.2, 0) is 16.1 Å². The number of carbonyl (C=O) groups is 3. The second-order valence-electron chi connectivity index (χ2n) is 6.38. The summed E-state index contributed by atoms with van der Waals surface area (Å²) < 4.78 is 5.06. The van der Waals surface area contributed by atoms with Crippen LogP contribution in [0.2, 0.25) is 0 Å². The highest BCUT2D eigenvalue weighted by molar-refractivity contribution is 6.51. The van der Waals surface area contributed by atoms with Crippen LogP contribution in [0.25, 0.3) is 0 Å². The predicted molar refractivity (Wildman–Crippen MR) is 99.6 cm³/mol. The summed E-state index contributed by atoms with van der Waals surface area (Å²) in [5.41, 5.74) is 1.70. The highest BCUT2D eigenvalue weighted by atomic mass is 16.5. The Labute approximate surface area is 161 Å². The number of alkyl carbamates (subject to hydrolysis) is 1. The molecule has 2 unspecified atom stereocenters. The predicted octanol–water partition coefficient (Wildman–Crippen LogP) is 1.53. The minimum atomic E-state index is -1.27. The Hall–Kier alpha value is -3.23. The number of aliphatic hydroxyl groups excluding tert-OH is 2. The van der Waals surface area contributed by atoms with Gasteiger partial charge in [-0.25, -0.2) is 4.79 Å². The van der Waals surface area contributed by atoms with E-state index in [2.05, 4.69) is 10.6 Å². The fourth-order valence-electron chi connectivity index (χ4n) is 2.82. The number of hydrogen-bond acceptors (Lipinski definition) is 6.